The summed E-state index contributed by atoms with van der Waals surface area (Å²) in [6.07, 6.45) is 5.05. The fourth-order valence-electron chi connectivity index (χ4n) is 2.87. The zero-order valence-corrected chi connectivity index (χ0v) is 13.0. The molecule has 0 spiro atoms. The fourth-order valence-corrected chi connectivity index (χ4v) is 2.87. The van der Waals surface area contributed by atoms with Crippen molar-refractivity contribution in [2.75, 3.05) is 13.1 Å². The Hall–Kier alpha value is -2.10. The Morgan fingerprint density at radius 2 is 1.91 bits per heavy atom. The van der Waals surface area contributed by atoms with Gasteiger partial charge < -0.3 is 9.32 Å². The number of carbonyl (C=O) groups excluding carboxylic acids is 1. The largest absolute Gasteiger partial charge is 0.440 e. The molecule has 2 aromatic rings. The minimum atomic E-state index is 0.0223. The van der Waals surface area contributed by atoms with Gasteiger partial charge in [-0.05, 0) is 37.8 Å². The molecule has 1 aliphatic rings. The zero-order chi connectivity index (χ0) is 15.4. The number of oxazole rings is 1. The van der Waals surface area contributed by atoms with Gasteiger partial charge in [0.05, 0.1) is 0 Å². The van der Waals surface area contributed by atoms with E-state index in [2.05, 4.69) is 11.9 Å². The highest BCUT2D eigenvalue weighted by atomic mass is 16.4. The third-order valence-corrected chi connectivity index (χ3v) is 4.04. The average molecular weight is 298 g/mol. The normalized spacial score (nSPS) is 15.0. The second kappa shape index (κ2) is 6.77. The minimum absolute atomic E-state index is 0.0223. The van der Waals surface area contributed by atoms with Gasteiger partial charge in [0.25, 0.3) is 5.91 Å². The Morgan fingerprint density at radius 3 is 2.59 bits per heavy atom. The topological polar surface area (TPSA) is 46.3 Å². The summed E-state index contributed by atoms with van der Waals surface area (Å²) >= 11 is 0. The second-order valence-electron chi connectivity index (χ2n) is 5.76. The van der Waals surface area contributed by atoms with Crippen LogP contribution in [0.15, 0.2) is 34.7 Å². The number of likely N-dealkylation sites (tertiary alicyclic amines) is 1. The quantitative estimate of drug-likeness (QED) is 0.859. The molecule has 1 amide bonds. The van der Waals surface area contributed by atoms with Crippen LogP contribution in [0.1, 0.15) is 48.9 Å². The van der Waals surface area contributed by atoms with Gasteiger partial charge in [0.15, 0.2) is 5.69 Å². The maximum Gasteiger partial charge on any atom is 0.276 e. The second-order valence-corrected chi connectivity index (χ2v) is 5.76. The Morgan fingerprint density at radius 1 is 1.18 bits per heavy atom. The Bertz CT molecular complexity index is 628. The van der Waals surface area contributed by atoms with E-state index in [1.807, 2.05) is 35.2 Å². The smallest absolute Gasteiger partial charge is 0.276 e. The van der Waals surface area contributed by atoms with Gasteiger partial charge in [0.1, 0.15) is 5.76 Å². The fraction of sp³-hybridized carbons (Fsp3) is 0.444. The van der Waals surface area contributed by atoms with E-state index >= 15 is 0 Å². The van der Waals surface area contributed by atoms with E-state index < -0.39 is 0 Å². The molecule has 4 nitrogen and oxygen atoms in total. The van der Waals surface area contributed by atoms with E-state index in [9.17, 15) is 4.79 Å². The molecular weight excluding hydrogens is 276 g/mol. The summed E-state index contributed by atoms with van der Waals surface area (Å²) in [5.74, 6) is 1.29. The number of aromatic nitrogens is 1. The Balaban J connectivity index is 1.91. The van der Waals surface area contributed by atoms with Gasteiger partial charge in [-0.15, -0.1) is 0 Å². The molecule has 0 bridgehead atoms. The summed E-state index contributed by atoms with van der Waals surface area (Å²) in [5.41, 5.74) is 1.42. The zero-order valence-electron chi connectivity index (χ0n) is 13.0. The van der Waals surface area contributed by atoms with Crippen LogP contribution in [0.5, 0.6) is 0 Å². The first-order chi connectivity index (χ1) is 10.8. The number of amides is 1. The van der Waals surface area contributed by atoms with Crippen LogP contribution in [0, 0.1) is 0 Å². The highest BCUT2D eigenvalue weighted by molar-refractivity contribution is 5.93. The summed E-state index contributed by atoms with van der Waals surface area (Å²) in [4.78, 5) is 19.2. The molecule has 1 aliphatic heterocycles. The predicted octanol–water partition coefficient (Wildman–Crippen LogP) is 3.92. The summed E-state index contributed by atoms with van der Waals surface area (Å²) in [7, 11) is 0. The van der Waals surface area contributed by atoms with E-state index in [0.29, 0.717) is 11.6 Å². The van der Waals surface area contributed by atoms with Crippen molar-refractivity contribution < 1.29 is 9.21 Å². The lowest BCUT2D eigenvalue weighted by atomic mass is 10.1. The maximum atomic E-state index is 12.7. The van der Waals surface area contributed by atoms with Gasteiger partial charge in [-0.1, -0.05) is 25.1 Å². The number of aryl methyl sites for hydroxylation is 1. The molecular formula is C18H22N2O2. The van der Waals surface area contributed by atoms with Gasteiger partial charge in [-0.25, -0.2) is 4.98 Å². The first kappa shape index (κ1) is 14.8. The van der Waals surface area contributed by atoms with Crippen LogP contribution < -0.4 is 0 Å². The molecule has 0 radical (unpaired) electrons. The predicted molar refractivity (Wildman–Crippen MR) is 85.7 cm³/mol. The van der Waals surface area contributed by atoms with Crippen LogP contribution in [-0.2, 0) is 6.42 Å². The summed E-state index contributed by atoms with van der Waals surface area (Å²) < 4.78 is 5.89. The first-order valence-corrected chi connectivity index (χ1v) is 8.14. The van der Waals surface area contributed by atoms with Gasteiger partial charge >= 0.3 is 0 Å². The molecule has 4 heteroatoms. The van der Waals surface area contributed by atoms with Crippen molar-refractivity contribution in [1.29, 1.82) is 0 Å². The number of piperidine rings is 1. The van der Waals surface area contributed by atoms with Crippen LogP contribution >= 0.6 is 0 Å². The monoisotopic (exact) mass is 298 g/mol. The molecule has 0 N–H and O–H groups in total. The van der Waals surface area contributed by atoms with Gasteiger partial charge in [-0.2, -0.15) is 0 Å². The summed E-state index contributed by atoms with van der Waals surface area (Å²) in [6, 6.07) is 9.77. The van der Waals surface area contributed by atoms with Crippen LogP contribution in [0.3, 0.4) is 0 Å². The van der Waals surface area contributed by atoms with Crippen molar-refractivity contribution in [2.45, 2.75) is 39.0 Å². The van der Waals surface area contributed by atoms with Crippen LogP contribution in [0.2, 0.25) is 0 Å². The average Bonchev–Trinajstić information content (AvgIpc) is 3.00. The number of nitrogens with zero attached hydrogens (tertiary/aromatic N) is 2. The molecule has 0 unspecified atom stereocenters. The Kier molecular flexibility index (Phi) is 4.56. The Labute approximate surface area is 131 Å². The van der Waals surface area contributed by atoms with Crippen molar-refractivity contribution in [3.8, 4) is 11.5 Å². The molecule has 0 saturated carbocycles. The molecule has 1 saturated heterocycles. The van der Waals surface area contributed by atoms with Crippen molar-refractivity contribution in [3.63, 3.8) is 0 Å². The van der Waals surface area contributed by atoms with E-state index in [-0.39, 0.29) is 5.91 Å². The van der Waals surface area contributed by atoms with E-state index in [1.165, 1.54) is 6.42 Å². The molecule has 2 heterocycles. The van der Waals surface area contributed by atoms with E-state index in [4.69, 9.17) is 4.42 Å². The third kappa shape index (κ3) is 3.06. The maximum absolute atomic E-state index is 12.7. The lowest BCUT2D eigenvalue weighted by Crippen LogP contribution is -2.36. The van der Waals surface area contributed by atoms with Crippen molar-refractivity contribution in [1.82, 2.24) is 9.88 Å². The van der Waals surface area contributed by atoms with Gasteiger partial charge in [0, 0.05) is 25.1 Å². The van der Waals surface area contributed by atoms with Gasteiger partial charge in [-0.3, -0.25) is 4.79 Å². The SMILES string of the molecule is CCCc1oc(-c2ccccc2)nc1C(=O)N1CCCCC1. The van der Waals surface area contributed by atoms with Crippen molar-refractivity contribution in [3.05, 3.63) is 41.8 Å². The highest BCUT2D eigenvalue weighted by Gasteiger charge is 2.25. The standard InChI is InChI=1S/C18H22N2O2/c1-2-9-15-16(18(21)20-12-7-4-8-13-20)19-17(22-15)14-10-5-3-6-11-14/h3,5-6,10-11H,2,4,7-9,12-13H2,1H3. The van der Waals surface area contributed by atoms with Gasteiger partial charge in [0.2, 0.25) is 5.89 Å². The molecule has 0 atom stereocenters. The molecule has 116 valence electrons. The number of hydrogen-bond acceptors (Lipinski definition) is 3. The lowest BCUT2D eigenvalue weighted by molar-refractivity contribution is 0.0716. The first-order valence-electron chi connectivity index (χ1n) is 8.14. The molecule has 1 aromatic heterocycles. The minimum Gasteiger partial charge on any atom is -0.440 e. The van der Waals surface area contributed by atoms with Crippen molar-refractivity contribution in [2.24, 2.45) is 0 Å². The van der Waals surface area contributed by atoms with Crippen LogP contribution in [-0.4, -0.2) is 28.9 Å². The third-order valence-electron chi connectivity index (χ3n) is 4.04. The lowest BCUT2D eigenvalue weighted by Gasteiger charge is -2.26. The van der Waals surface area contributed by atoms with Crippen LogP contribution in [0.25, 0.3) is 11.5 Å². The van der Waals surface area contributed by atoms with Crippen molar-refractivity contribution >= 4 is 5.91 Å². The number of carbonyl (C=O) groups is 1. The highest BCUT2D eigenvalue weighted by Crippen LogP contribution is 2.24. The van der Waals surface area contributed by atoms with E-state index in [0.717, 1.165) is 50.1 Å². The van der Waals surface area contributed by atoms with E-state index in [1.54, 1.807) is 0 Å². The molecule has 1 aromatic carbocycles. The van der Waals surface area contributed by atoms with Crippen LogP contribution in [0.4, 0.5) is 0 Å². The molecule has 3 rings (SSSR count). The summed E-state index contributed by atoms with van der Waals surface area (Å²) in [6.45, 7) is 3.75. The molecule has 0 aliphatic carbocycles. The number of benzene rings is 1. The number of rotatable bonds is 4. The molecule has 1 fully saturated rings. The summed E-state index contributed by atoms with van der Waals surface area (Å²) in [5, 5.41) is 0. The molecule has 22 heavy (non-hydrogen) atoms. The number of hydrogen-bond donors (Lipinski definition) is 0.